The van der Waals surface area contributed by atoms with Crippen molar-refractivity contribution in [3.8, 4) is 0 Å². The van der Waals surface area contributed by atoms with Crippen molar-refractivity contribution in [2.75, 3.05) is 32.6 Å². The van der Waals surface area contributed by atoms with E-state index in [1.54, 1.807) is 11.0 Å². The zero-order chi connectivity index (χ0) is 13.8. The number of benzene rings is 1. The molecule has 1 aromatic rings. The predicted octanol–water partition coefficient (Wildman–Crippen LogP) is 2.21. The minimum Gasteiger partial charge on any atom is -0.312 e. The summed E-state index contributed by atoms with van der Waals surface area (Å²) in [6.45, 7) is 2.50. The Morgan fingerprint density at radius 3 is 2.62 bits per heavy atom. The molecule has 0 saturated carbocycles. The van der Waals surface area contributed by atoms with Crippen LogP contribution in [0.3, 0.4) is 0 Å². The van der Waals surface area contributed by atoms with Gasteiger partial charge in [0.1, 0.15) is 0 Å². The van der Waals surface area contributed by atoms with E-state index in [1.807, 2.05) is 44.3 Å². The molecule has 1 N–H and O–H groups in total. The van der Waals surface area contributed by atoms with Crippen LogP contribution < -0.4 is 10.2 Å². The summed E-state index contributed by atoms with van der Waals surface area (Å²) < 4.78 is 0. The third kappa shape index (κ3) is 5.00. The Hall–Kier alpha value is -1.07. The molecular weight excluding hydrogens is 309 g/mol. The smallest absolute Gasteiger partial charge is 0.250 e. The van der Waals surface area contributed by atoms with Crippen molar-refractivity contribution >= 4 is 36.4 Å². The van der Waals surface area contributed by atoms with Crippen molar-refractivity contribution in [1.82, 2.24) is 10.2 Å². The topological polar surface area (TPSA) is 35.6 Å². The lowest BCUT2D eigenvalue weighted by Gasteiger charge is -2.19. The summed E-state index contributed by atoms with van der Waals surface area (Å²) >= 11 is 0. The van der Waals surface area contributed by atoms with Crippen LogP contribution in [0, 0.1) is 0 Å². The molecule has 0 aliphatic carbocycles. The van der Waals surface area contributed by atoms with E-state index >= 15 is 0 Å². The van der Waals surface area contributed by atoms with E-state index in [2.05, 4.69) is 11.4 Å². The highest BCUT2D eigenvalue weighted by Gasteiger charge is 2.18. The van der Waals surface area contributed by atoms with Gasteiger partial charge in [-0.3, -0.25) is 4.79 Å². The number of fused-ring (bicyclic) bond motifs is 1. The number of nitrogens with zero attached hydrogens (tertiary/aromatic N) is 2. The Bertz CT molecular complexity index is 504. The summed E-state index contributed by atoms with van der Waals surface area (Å²) in [7, 11) is 5.79. The van der Waals surface area contributed by atoms with Gasteiger partial charge in [0.2, 0.25) is 5.91 Å². The number of halogens is 2. The molecule has 0 aromatic heterocycles. The molecule has 0 saturated heterocycles. The molecule has 0 unspecified atom stereocenters. The molecule has 118 valence electrons. The fourth-order valence-electron chi connectivity index (χ4n) is 2.22. The number of hydrogen-bond acceptors (Lipinski definition) is 3. The van der Waals surface area contributed by atoms with Gasteiger partial charge < -0.3 is 15.1 Å². The third-order valence-corrected chi connectivity index (χ3v) is 3.29. The van der Waals surface area contributed by atoms with Crippen molar-refractivity contribution in [2.24, 2.45) is 0 Å². The second-order valence-corrected chi connectivity index (χ2v) is 5.08. The molecule has 1 aliphatic heterocycles. The molecule has 0 bridgehead atoms. The molecule has 21 heavy (non-hydrogen) atoms. The SMILES string of the molecule is CN(C)C/C=C/C(=O)N(C)c1cccc2c1CNC2.Cl.Cl. The van der Waals surface area contributed by atoms with Gasteiger partial charge in [0.25, 0.3) is 0 Å². The molecular formula is C15H23Cl2N3O. The van der Waals surface area contributed by atoms with Crippen molar-refractivity contribution in [3.63, 3.8) is 0 Å². The van der Waals surface area contributed by atoms with E-state index in [0.717, 1.165) is 25.3 Å². The van der Waals surface area contributed by atoms with Gasteiger partial charge in [-0.1, -0.05) is 18.2 Å². The van der Waals surface area contributed by atoms with Gasteiger partial charge >= 0.3 is 0 Å². The number of carbonyl (C=O) groups excluding carboxylic acids is 1. The molecule has 1 aliphatic rings. The molecule has 1 amide bonds. The lowest BCUT2D eigenvalue weighted by Crippen LogP contribution is -2.25. The number of nitrogens with one attached hydrogen (secondary N) is 1. The quantitative estimate of drug-likeness (QED) is 0.859. The molecule has 0 fully saturated rings. The van der Waals surface area contributed by atoms with Gasteiger partial charge in [0.05, 0.1) is 0 Å². The minimum atomic E-state index is 0. The monoisotopic (exact) mass is 331 g/mol. The van der Waals surface area contributed by atoms with E-state index in [4.69, 9.17) is 0 Å². The first kappa shape index (κ1) is 19.9. The van der Waals surface area contributed by atoms with E-state index in [9.17, 15) is 4.79 Å². The van der Waals surface area contributed by atoms with Crippen molar-refractivity contribution in [1.29, 1.82) is 0 Å². The second-order valence-electron chi connectivity index (χ2n) is 5.08. The highest BCUT2D eigenvalue weighted by Crippen LogP contribution is 2.26. The molecule has 4 nitrogen and oxygen atoms in total. The van der Waals surface area contributed by atoms with Gasteiger partial charge in [0.15, 0.2) is 0 Å². The van der Waals surface area contributed by atoms with E-state index in [1.165, 1.54) is 11.1 Å². The van der Waals surface area contributed by atoms with Crippen molar-refractivity contribution in [3.05, 3.63) is 41.5 Å². The average molecular weight is 332 g/mol. The van der Waals surface area contributed by atoms with Gasteiger partial charge in [-0.2, -0.15) is 0 Å². The number of hydrogen-bond donors (Lipinski definition) is 1. The Kier molecular flexibility index (Phi) is 8.59. The Morgan fingerprint density at radius 2 is 1.95 bits per heavy atom. The van der Waals surface area contributed by atoms with E-state index in [-0.39, 0.29) is 30.7 Å². The first-order valence-corrected chi connectivity index (χ1v) is 6.50. The van der Waals surface area contributed by atoms with Crippen molar-refractivity contribution < 1.29 is 4.79 Å². The maximum atomic E-state index is 12.1. The Labute approximate surface area is 139 Å². The number of amides is 1. The summed E-state index contributed by atoms with van der Waals surface area (Å²) in [5.74, 6) is 0.0159. The predicted molar refractivity (Wildman–Crippen MR) is 92.6 cm³/mol. The van der Waals surface area contributed by atoms with Gasteiger partial charge in [-0.15, -0.1) is 24.8 Å². The van der Waals surface area contributed by atoms with Gasteiger partial charge in [0, 0.05) is 38.4 Å². The molecule has 6 heteroatoms. The summed E-state index contributed by atoms with van der Waals surface area (Å²) in [5, 5.41) is 3.32. The number of carbonyl (C=O) groups is 1. The molecule has 0 spiro atoms. The molecule has 1 heterocycles. The maximum Gasteiger partial charge on any atom is 0.250 e. The third-order valence-electron chi connectivity index (χ3n) is 3.29. The van der Waals surface area contributed by atoms with E-state index < -0.39 is 0 Å². The number of rotatable bonds is 4. The highest BCUT2D eigenvalue weighted by atomic mass is 35.5. The lowest BCUT2D eigenvalue weighted by atomic mass is 10.1. The summed E-state index contributed by atoms with van der Waals surface area (Å²) in [6.07, 6.45) is 3.53. The van der Waals surface area contributed by atoms with Crippen LogP contribution in [-0.4, -0.2) is 38.5 Å². The molecule has 1 aromatic carbocycles. The number of anilines is 1. The summed E-state index contributed by atoms with van der Waals surface area (Å²) in [5.41, 5.74) is 3.52. The largest absolute Gasteiger partial charge is 0.312 e. The van der Waals surface area contributed by atoms with Crippen LogP contribution in [0.15, 0.2) is 30.4 Å². The van der Waals surface area contributed by atoms with Crippen LogP contribution in [0.5, 0.6) is 0 Å². The van der Waals surface area contributed by atoms with E-state index in [0.29, 0.717) is 0 Å². The first-order chi connectivity index (χ1) is 9.09. The molecule has 0 atom stereocenters. The maximum absolute atomic E-state index is 12.1. The fraction of sp³-hybridized carbons (Fsp3) is 0.400. The van der Waals surface area contributed by atoms with Gasteiger partial charge in [-0.05, 0) is 31.3 Å². The van der Waals surface area contributed by atoms with Gasteiger partial charge in [-0.25, -0.2) is 0 Å². The molecule has 0 radical (unpaired) electrons. The Balaban J connectivity index is 0.00000200. The fourth-order valence-corrected chi connectivity index (χ4v) is 2.22. The summed E-state index contributed by atoms with van der Waals surface area (Å²) in [6, 6.07) is 6.12. The van der Waals surface area contributed by atoms with Crippen LogP contribution in [-0.2, 0) is 17.9 Å². The van der Waals surface area contributed by atoms with Crippen LogP contribution in [0.2, 0.25) is 0 Å². The van der Waals surface area contributed by atoms with Crippen LogP contribution in [0.4, 0.5) is 5.69 Å². The standard InChI is InChI=1S/C15H21N3O.2ClH/c1-17(2)9-5-8-15(19)18(3)14-7-4-6-12-10-16-11-13(12)14;;/h4-8,16H,9-11H2,1-3H3;2*1H/b8-5+;;. The summed E-state index contributed by atoms with van der Waals surface area (Å²) in [4.78, 5) is 15.9. The Morgan fingerprint density at radius 1 is 1.24 bits per heavy atom. The van der Waals surface area contributed by atoms with Crippen LogP contribution >= 0.6 is 24.8 Å². The normalized spacial score (nSPS) is 12.8. The van der Waals surface area contributed by atoms with Crippen molar-refractivity contribution in [2.45, 2.75) is 13.1 Å². The number of likely N-dealkylation sites (N-methyl/N-ethyl adjacent to an activating group) is 2. The minimum absolute atomic E-state index is 0. The van der Waals surface area contributed by atoms with Crippen LogP contribution in [0.1, 0.15) is 11.1 Å². The lowest BCUT2D eigenvalue weighted by molar-refractivity contribution is -0.113. The zero-order valence-electron chi connectivity index (χ0n) is 12.6. The zero-order valence-corrected chi connectivity index (χ0v) is 14.3. The second kappa shape index (κ2) is 9.05. The average Bonchev–Trinajstić information content (AvgIpc) is 2.85. The highest BCUT2D eigenvalue weighted by molar-refractivity contribution is 6.01. The molecule has 2 rings (SSSR count). The first-order valence-electron chi connectivity index (χ1n) is 6.50. The van der Waals surface area contributed by atoms with Crippen LogP contribution in [0.25, 0.3) is 0 Å².